The number of anilines is 2. The Balaban J connectivity index is 1.91. The topological polar surface area (TPSA) is 114 Å². The predicted octanol–water partition coefficient (Wildman–Crippen LogP) is 3.30. The van der Waals surface area contributed by atoms with E-state index in [2.05, 4.69) is 15.3 Å². The van der Waals surface area contributed by atoms with Gasteiger partial charge in [-0.15, -0.1) is 0 Å². The molecule has 1 aromatic carbocycles. The molecule has 3 aromatic heterocycles. The minimum atomic E-state index is -0.491. The first-order valence-corrected chi connectivity index (χ1v) is 9.23. The van der Waals surface area contributed by atoms with Crippen LogP contribution in [0.1, 0.15) is 24.2 Å². The van der Waals surface area contributed by atoms with Crippen LogP contribution in [0.25, 0.3) is 11.2 Å². The lowest BCUT2D eigenvalue weighted by molar-refractivity contribution is 0.627. The highest BCUT2D eigenvalue weighted by Gasteiger charge is 2.20. The number of nitrogens with two attached hydrogens (primary N) is 1. The average Bonchev–Trinajstić information content (AvgIpc) is 3.10. The zero-order chi connectivity index (χ0) is 21.4. The van der Waals surface area contributed by atoms with Crippen molar-refractivity contribution in [2.75, 3.05) is 11.1 Å². The van der Waals surface area contributed by atoms with Crippen LogP contribution in [0.15, 0.2) is 53.8 Å². The standard InChI is InChI=1S/C20H15ClFN7O/c1-11(27-19-14(8-23)18(24)25-10-26-19)16-9-28-7-6-15(21)17(28)20(30)29(16)13-4-2-12(22)3-5-13/h2-7,9-11H,1H3,(H3,24,25,26,27). The summed E-state index contributed by atoms with van der Waals surface area (Å²) in [7, 11) is 0. The van der Waals surface area contributed by atoms with E-state index in [9.17, 15) is 14.4 Å². The zero-order valence-corrected chi connectivity index (χ0v) is 16.4. The fraction of sp³-hybridized carbons (Fsp3) is 0.100. The van der Waals surface area contributed by atoms with Gasteiger partial charge in [-0.2, -0.15) is 5.26 Å². The molecule has 0 spiro atoms. The van der Waals surface area contributed by atoms with E-state index in [-0.39, 0.29) is 22.8 Å². The van der Waals surface area contributed by atoms with E-state index in [0.29, 0.717) is 21.9 Å². The molecular formula is C20H15ClFN7O. The van der Waals surface area contributed by atoms with Gasteiger partial charge in [0.2, 0.25) is 0 Å². The normalized spacial score (nSPS) is 11.9. The van der Waals surface area contributed by atoms with E-state index >= 15 is 0 Å². The minimum Gasteiger partial charge on any atom is -0.382 e. The van der Waals surface area contributed by atoms with E-state index in [4.69, 9.17) is 17.3 Å². The van der Waals surface area contributed by atoms with Gasteiger partial charge in [-0.1, -0.05) is 11.6 Å². The highest BCUT2D eigenvalue weighted by Crippen LogP contribution is 2.25. The summed E-state index contributed by atoms with van der Waals surface area (Å²) in [5.41, 5.74) is 6.78. The fourth-order valence-electron chi connectivity index (χ4n) is 3.23. The number of benzene rings is 1. The molecular weight excluding hydrogens is 409 g/mol. The molecule has 4 rings (SSSR count). The third kappa shape index (κ3) is 3.23. The van der Waals surface area contributed by atoms with Gasteiger partial charge < -0.3 is 15.5 Å². The first kappa shape index (κ1) is 19.4. The quantitative estimate of drug-likeness (QED) is 0.520. The summed E-state index contributed by atoms with van der Waals surface area (Å²) in [6.45, 7) is 1.80. The van der Waals surface area contributed by atoms with Crippen LogP contribution in [0.4, 0.5) is 16.0 Å². The molecule has 3 heterocycles. The second-order valence-electron chi connectivity index (χ2n) is 6.55. The van der Waals surface area contributed by atoms with Crippen LogP contribution in [0.2, 0.25) is 5.02 Å². The molecule has 150 valence electrons. The summed E-state index contributed by atoms with van der Waals surface area (Å²) in [6.07, 6.45) is 4.65. The highest BCUT2D eigenvalue weighted by molar-refractivity contribution is 6.33. The lowest BCUT2D eigenvalue weighted by atomic mass is 10.2. The van der Waals surface area contributed by atoms with Crippen LogP contribution in [0.3, 0.4) is 0 Å². The monoisotopic (exact) mass is 423 g/mol. The van der Waals surface area contributed by atoms with Crippen molar-refractivity contribution in [2.45, 2.75) is 13.0 Å². The maximum atomic E-state index is 13.5. The van der Waals surface area contributed by atoms with E-state index in [1.165, 1.54) is 35.2 Å². The molecule has 1 unspecified atom stereocenters. The Hall–Kier alpha value is -3.90. The molecule has 0 aliphatic rings. The van der Waals surface area contributed by atoms with Gasteiger partial charge in [0.25, 0.3) is 5.56 Å². The predicted molar refractivity (Wildman–Crippen MR) is 111 cm³/mol. The number of hydrogen-bond donors (Lipinski definition) is 2. The number of rotatable bonds is 4. The van der Waals surface area contributed by atoms with Gasteiger partial charge in [-0.25, -0.2) is 14.4 Å². The summed E-state index contributed by atoms with van der Waals surface area (Å²) in [5, 5.41) is 12.8. The van der Waals surface area contributed by atoms with Gasteiger partial charge in [0.1, 0.15) is 40.9 Å². The number of nitrogens with zero attached hydrogens (tertiary/aromatic N) is 5. The van der Waals surface area contributed by atoms with Crippen LogP contribution in [0.5, 0.6) is 0 Å². The first-order chi connectivity index (χ1) is 14.4. The van der Waals surface area contributed by atoms with Gasteiger partial charge in [0, 0.05) is 18.1 Å². The SMILES string of the molecule is CC(Nc1ncnc(N)c1C#N)c1cn2ccc(Cl)c2c(=O)n1-c1ccc(F)cc1. The van der Waals surface area contributed by atoms with Crippen molar-refractivity contribution in [3.8, 4) is 11.8 Å². The molecule has 0 saturated heterocycles. The van der Waals surface area contributed by atoms with Gasteiger partial charge in [0.15, 0.2) is 0 Å². The van der Waals surface area contributed by atoms with Crippen LogP contribution in [-0.2, 0) is 0 Å². The molecule has 0 saturated carbocycles. The van der Waals surface area contributed by atoms with Crippen molar-refractivity contribution in [3.63, 3.8) is 0 Å². The van der Waals surface area contributed by atoms with Gasteiger partial charge >= 0.3 is 0 Å². The molecule has 0 bridgehead atoms. The lowest BCUT2D eigenvalue weighted by Crippen LogP contribution is -2.27. The third-order valence-electron chi connectivity index (χ3n) is 4.67. The smallest absolute Gasteiger partial charge is 0.281 e. The van der Waals surface area contributed by atoms with Crippen molar-refractivity contribution in [1.29, 1.82) is 5.26 Å². The van der Waals surface area contributed by atoms with Crippen LogP contribution < -0.4 is 16.6 Å². The van der Waals surface area contributed by atoms with Crippen molar-refractivity contribution in [2.24, 2.45) is 0 Å². The number of hydrogen-bond acceptors (Lipinski definition) is 6. The number of nitrogen functional groups attached to an aromatic ring is 1. The van der Waals surface area contributed by atoms with Crippen LogP contribution in [0, 0.1) is 17.1 Å². The van der Waals surface area contributed by atoms with E-state index in [0.717, 1.165) is 0 Å². The van der Waals surface area contributed by atoms with Crippen molar-refractivity contribution < 1.29 is 4.39 Å². The molecule has 0 fully saturated rings. The van der Waals surface area contributed by atoms with Gasteiger partial charge in [-0.3, -0.25) is 9.36 Å². The Kier molecular flexibility index (Phi) is 4.85. The second kappa shape index (κ2) is 7.50. The van der Waals surface area contributed by atoms with E-state index < -0.39 is 11.9 Å². The van der Waals surface area contributed by atoms with Crippen molar-refractivity contribution in [3.05, 3.63) is 81.5 Å². The highest BCUT2D eigenvalue weighted by atomic mass is 35.5. The average molecular weight is 424 g/mol. The Morgan fingerprint density at radius 2 is 2.00 bits per heavy atom. The maximum Gasteiger partial charge on any atom is 0.281 e. The summed E-state index contributed by atoms with van der Waals surface area (Å²) in [5.74, 6) is -0.136. The zero-order valence-electron chi connectivity index (χ0n) is 15.7. The summed E-state index contributed by atoms with van der Waals surface area (Å²) < 4.78 is 16.5. The van der Waals surface area contributed by atoms with E-state index in [1.807, 2.05) is 6.07 Å². The Bertz CT molecular complexity index is 1350. The van der Waals surface area contributed by atoms with Gasteiger partial charge in [-0.05, 0) is 37.3 Å². The number of fused-ring (bicyclic) bond motifs is 1. The Morgan fingerprint density at radius 1 is 1.27 bits per heavy atom. The molecule has 0 amide bonds. The Morgan fingerprint density at radius 3 is 2.70 bits per heavy atom. The summed E-state index contributed by atoms with van der Waals surface area (Å²) in [4.78, 5) is 21.2. The molecule has 0 aliphatic heterocycles. The van der Waals surface area contributed by atoms with Crippen LogP contribution >= 0.6 is 11.6 Å². The molecule has 4 aromatic rings. The molecule has 8 nitrogen and oxygen atoms in total. The lowest BCUT2D eigenvalue weighted by Gasteiger charge is -2.21. The molecule has 0 radical (unpaired) electrons. The number of nitrogens with one attached hydrogen (secondary N) is 1. The minimum absolute atomic E-state index is 0.0470. The molecule has 0 aliphatic carbocycles. The van der Waals surface area contributed by atoms with Gasteiger partial charge in [0.05, 0.1) is 16.8 Å². The number of nitriles is 1. The molecule has 10 heteroatoms. The second-order valence-corrected chi connectivity index (χ2v) is 6.96. The maximum absolute atomic E-state index is 13.5. The molecule has 30 heavy (non-hydrogen) atoms. The molecule has 1 atom stereocenters. The Labute approximate surface area is 175 Å². The van der Waals surface area contributed by atoms with Crippen LogP contribution in [-0.4, -0.2) is 18.9 Å². The fourth-order valence-corrected chi connectivity index (χ4v) is 3.46. The largest absolute Gasteiger partial charge is 0.382 e. The number of halogens is 2. The van der Waals surface area contributed by atoms with Crippen molar-refractivity contribution >= 4 is 28.8 Å². The van der Waals surface area contributed by atoms with Crippen molar-refractivity contribution in [1.82, 2.24) is 18.9 Å². The molecule has 3 N–H and O–H groups in total. The first-order valence-electron chi connectivity index (χ1n) is 8.86. The summed E-state index contributed by atoms with van der Waals surface area (Å²) in [6, 6.07) is 8.65. The van der Waals surface area contributed by atoms with E-state index in [1.54, 1.807) is 29.8 Å². The summed E-state index contributed by atoms with van der Waals surface area (Å²) >= 11 is 6.20. The number of aromatic nitrogens is 4. The third-order valence-corrected chi connectivity index (χ3v) is 4.98.